The summed E-state index contributed by atoms with van der Waals surface area (Å²) in [5.74, 6) is -2.77. The molecule has 4 amide bonds. The number of benzene rings is 2. The number of allylic oxidation sites excluding steroid dienone is 1. The predicted octanol–water partition coefficient (Wildman–Crippen LogP) is 6.59. The second kappa shape index (κ2) is 23.6. The molecule has 70 heavy (non-hydrogen) atoms. The van der Waals surface area contributed by atoms with Gasteiger partial charge in [0, 0.05) is 85.7 Å². The van der Waals surface area contributed by atoms with E-state index in [-0.39, 0.29) is 45.2 Å². The number of aryl methyl sites for hydroxylation is 2. The van der Waals surface area contributed by atoms with Gasteiger partial charge in [-0.3, -0.25) is 34.0 Å². The van der Waals surface area contributed by atoms with Crippen molar-refractivity contribution in [2.75, 3.05) is 47.1 Å². The number of amides is 4. The Balaban J connectivity index is 1.35. The van der Waals surface area contributed by atoms with E-state index in [1.54, 1.807) is 20.4 Å². The molecule has 2 saturated heterocycles. The monoisotopic (exact) mass is 989 g/mol. The quantitative estimate of drug-likeness (QED) is 0.0567. The number of carbonyl (C=O) groups is 5. The van der Waals surface area contributed by atoms with Crippen LogP contribution < -0.4 is 10.7 Å². The van der Waals surface area contributed by atoms with E-state index in [1.807, 2.05) is 58.0 Å². The molecule has 14 nitrogen and oxygen atoms in total. The summed E-state index contributed by atoms with van der Waals surface area (Å²) in [5, 5.41) is 3.00. The highest BCUT2D eigenvalue weighted by Crippen LogP contribution is 2.40. The third-order valence-electron chi connectivity index (χ3n) is 13.4. The number of alkyl halides is 1. The second-order valence-electron chi connectivity index (χ2n) is 18.8. The van der Waals surface area contributed by atoms with Crippen LogP contribution in [0.1, 0.15) is 96.6 Å². The summed E-state index contributed by atoms with van der Waals surface area (Å²) < 4.78 is 26.4. The van der Waals surface area contributed by atoms with Crippen LogP contribution in [0.5, 0.6) is 0 Å². The minimum atomic E-state index is -1.36. The van der Waals surface area contributed by atoms with Crippen LogP contribution in [0.2, 0.25) is 5.04 Å². The van der Waals surface area contributed by atoms with Gasteiger partial charge in [-0.05, 0) is 104 Å². The molecule has 2 aliphatic heterocycles. The standard InChI is InChI=1S/C53H68FN7O7Si2/c1-9-16-39-41-32-38(21-22-43(41)60(11-3)47(39)40-19-14-26-55-45(40)35(6)67-8)37-18-12-17-36(30-37)31-42(49(64)61-27-15-23-53(70,57-61)51(66)68-29-10-2)56-48(63)46(34(4)5)58(7)50(65)52(69)24-28-59(33-52)44(62)20-13-25-54/h12-14,17-22,26,30,32,34-35,42,46,57H,9-11,15-16,23-25,27-29,31,33H2,1-8H3,(H,56,63)/b20-13+/t35-,42-,46-,52?,53?/m0/s1. The molecule has 17 heteroatoms. The van der Waals surface area contributed by atoms with E-state index in [0.717, 1.165) is 76.1 Å². The fourth-order valence-electron chi connectivity index (χ4n) is 9.84. The predicted molar refractivity (Wildman–Crippen MR) is 271 cm³/mol. The van der Waals surface area contributed by atoms with Crippen molar-refractivity contribution in [2.24, 2.45) is 5.92 Å². The minimum Gasteiger partial charge on any atom is -0.465 e. The number of hydrogen-bond donors (Lipinski definition) is 2. The number of methoxy groups -OCH3 is 1. The number of likely N-dealkylation sites (tertiary alicyclic amines) is 1. The number of carbonyl (C=O) groups excluding carboxylic acids is 5. The van der Waals surface area contributed by atoms with E-state index in [9.17, 15) is 28.4 Å². The van der Waals surface area contributed by atoms with Gasteiger partial charge in [-0.15, -0.1) is 0 Å². The first-order valence-electron chi connectivity index (χ1n) is 24.5. The molecular formula is C53H68FN7O7Si2. The van der Waals surface area contributed by atoms with Gasteiger partial charge in [0.05, 0.1) is 39.4 Å². The highest BCUT2D eigenvalue weighted by Gasteiger charge is 2.47. The largest absolute Gasteiger partial charge is 0.465 e. The van der Waals surface area contributed by atoms with Gasteiger partial charge in [0.2, 0.25) is 17.7 Å². The normalized spacial score (nSPS) is 19.7. The van der Waals surface area contributed by atoms with Crippen molar-refractivity contribution < 1.29 is 37.8 Å². The number of pyridine rings is 1. The van der Waals surface area contributed by atoms with Gasteiger partial charge in [0.1, 0.15) is 23.9 Å². The molecule has 4 aromatic rings. The Labute approximate surface area is 418 Å². The molecule has 5 atom stereocenters. The molecule has 2 aromatic heterocycles. The molecule has 2 fully saturated rings. The number of hydrogen-bond acceptors (Lipinski definition) is 9. The van der Waals surface area contributed by atoms with Gasteiger partial charge in [-0.25, -0.2) is 9.82 Å². The fraction of sp³-hybridized carbons (Fsp3) is 0.509. The van der Waals surface area contributed by atoms with E-state index < -0.39 is 64.5 Å². The van der Waals surface area contributed by atoms with Crippen molar-refractivity contribution >= 4 is 61.0 Å². The number of halogens is 1. The van der Waals surface area contributed by atoms with Crippen molar-refractivity contribution in [3.63, 3.8) is 0 Å². The van der Waals surface area contributed by atoms with Crippen LogP contribution in [0.3, 0.4) is 0 Å². The number of fused-ring (bicyclic) bond motifs is 1. The lowest BCUT2D eigenvalue weighted by atomic mass is 9.95. The average molecular weight is 990 g/mol. The van der Waals surface area contributed by atoms with Crippen LogP contribution in [0.4, 0.5) is 4.39 Å². The molecule has 0 spiro atoms. The molecule has 6 rings (SSSR count). The van der Waals surface area contributed by atoms with Crippen LogP contribution in [0, 0.1) is 5.92 Å². The van der Waals surface area contributed by atoms with Crippen molar-refractivity contribution in [1.82, 2.24) is 35.1 Å². The number of ether oxygens (including phenoxy) is 2. The van der Waals surface area contributed by atoms with Crippen molar-refractivity contribution in [2.45, 2.75) is 121 Å². The third kappa shape index (κ3) is 11.6. The lowest BCUT2D eigenvalue weighted by Gasteiger charge is -2.41. The summed E-state index contributed by atoms with van der Waals surface area (Å²) in [6.07, 6.45) is 7.49. The molecule has 0 saturated carbocycles. The second-order valence-corrected chi connectivity index (χ2v) is 20.6. The Morgan fingerprint density at radius 1 is 0.986 bits per heavy atom. The zero-order chi connectivity index (χ0) is 50.9. The first kappa shape index (κ1) is 53.8. The van der Waals surface area contributed by atoms with Crippen LogP contribution in [0.15, 0.2) is 72.9 Å². The summed E-state index contributed by atoms with van der Waals surface area (Å²) in [6.45, 7) is 12.6. The lowest BCUT2D eigenvalue weighted by Crippen LogP contribution is -2.67. The molecule has 0 aliphatic carbocycles. The highest BCUT2D eigenvalue weighted by molar-refractivity contribution is 6.29. The van der Waals surface area contributed by atoms with Gasteiger partial charge in [0.15, 0.2) is 0 Å². The number of nitrogens with zero attached hydrogens (tertiary/aromatic N) is 5. The Morgan fingerprint density at radius 2 is 1.74 bits per heavy atom. The molecular weight excluding hydrogens is 922 g/mol. The molecule has 6 radical (unpaired) electrons. The minimum absolute atomic E-state index is 0.0272. The van der Waals surface area contributed by atoms with E-state index >= 15 is 0 Å². The van der Waals surface area contributed by atoms with E-state index in [1.165, 1.54) is 20.4 Å². The Hall–Kier alpha value is -5.50. The maximum absolute atomic E-state index is 14.9. The van der Waals surface area contributed by atoms with Gasteiger partial charge in [0.25, 0.3) is 5.91 Å². The number of aromatic nitrogens is 2. The topological polar surface area (TPSA) is 155 Å². The van der Waals surface area contributed by atoms with E-state index in [0.29, 0.717) is 19.3 Å². The molecule has 2 aliphatic rings. The number of nitrogens with one attached hydrogen (secondary N) is 2. The van der Waals surface area contributed by atoms with Crippen LogP contribution in [0.25, 0.3) is 33.3 Å². The van der Waals surface area contributed by atoms with Crippen molar-refractivity contribution in [3.8, 4) is 22.4 Å². The van der Waals surface area contributed by atoms with Gasteiger partial charge < -0.3 is 29.2 Å². The number of esters is 1. The Bertz CT molecular complexity index is 2570. The molecule has 2 aromatic carbocycles. The molecule has 0 bridgehead atoms. The zero-order valence-corrected chi connectivity index (χ0v) is 43.9. The summed E-state index contributed by atoms with van der Waals surface area (Å²) >= 11 is 0. The molecule has 2 unspecified atom stereocenters. The van der Waals surface area contributed by atoms with E-state index in [2.05, 4.69) is 73.9 Å². The Morgan fingerprint density at radius 3 is 2.43 bits per heavy atom. The lowest BCUT2D eigenvalue weighted by molar-refractivity contribution is -0.156. The number of rotatable bonds is 20. The summed E-state index contributed by atoms with van der Waals surface area (Å²) in [4.78, 5) is 77.4. The molecule has 4 heterocycles. The summed E-state index contributed by atoms with van der Waals surface area (Å²) in [7, 11) is 10.5. The highest BCUT2D eigenvalue weighted by atomic mass is 28.1. The maximum Gasteiger partial charge on any atom is 0.323 e. The third-order valence-corrected chi connectivity index (χ3v) is 14.6. The van der Waals surface area contributed by atoms with Crippen LogP contribution in [-0.4, -0.2) is 139 Å². The number of hydrazine groups is 1. The summed E-state index contributed by atoms with van der Waals surface area (Å²) in [6, 6.07) is 16.4. The summed E-state index contributed by atoms with van der Waals surface area (Å²) in [5.41, 5.74) is 11.2. The van der Waals surface area contributed by atoms with Gasteiger partial charge in [-0.2, -0.15) is 0 Å². The molecule has 372 valence electrons. The van der Waals surface area contributed by atoms with Crippen molar-refractivity contribution in [3.05, 3.63) is 89.8 Å². The van der Waals surface area contributed by atoms with Crippen LogP contribution in [-0.2, 0) is 52.8 Å². The smallest absolute Gasteiger partial charge is 0.323 e. The van der Waals surface area contributed by atoms with Crippen molar-refractivity contribution in [1.29, 1.82) is 0 Å². The fourth-order valence-corrected chi connectivity index (χ4v) is 10.7. The average Bonchev–Trinajstić information content (AvgIpc) is 3.91. The molecule has 2 N–H and O–H groups in total. The van der Waals surface area contributed by atoms with Gasteiger partial charge in [-0.1, -0.05) is 64.4 Å². The SMILES string of the molecule is CCCOC(=O)C1([Si])CCCN(C(=O)[C@H](Cc2cccc(-c3ccc4c(c3)c(CCC)c(-c3cccnc3[C@H](C)OC)n4CC)c2)NC(=O)[C@H](C(C)C)N(C)C(=O)C2([Si])CCN(C(=O)/C=C/CF)C2)N1. The van der Waals surface area contributed by atoms with E-state index in [4.69, 9.17) is 14.5 Å². The maximum atomic E-state index is 14.9. The number of likely N-dealkylation sites (N-methyl/N-ethyl adjacent to an activating group) is 1. The first-order chi connectivity index (χ1) is 33.4. The first-order valence-corrected chi connectivity index (χ1v) is 25.5. The Kier molecular flexibility index (Phi) is 18.2. The van der Waals surface area contributed by atoms with Gasteiger partial charge >= 0.3 is 5.97 Å². The van der Waals surface area contributed by atoms with Crippen LogP contribution >= 0.6 is 0 Å². The zero-order valence-electron chi connectivity index (χ0n) is 41.9.